The number of ether oxygens (including phenoxy) is 1. The van der Waals surface area contributed by atoms with E-state index in [1.807, 2.05) is 0 Å². The Bertz CT molecular complexity index is 204. The van der Waals surface area contributed by atoms with Crippen LogP contribution in [0.1, 0.15) is 13.8 Å². The van der Waals surface area contributed by atoms with Crippen LogP contribution in [0.5, 0.6) is 0 Å². The highest BCUT2D eigenvalue weighted by molar-refractivity contribution is 4.92. The highest BCUT2D eigenvalue weighted by Gasteiger charge is 2.37. The maximum atomic E-state index is 9.15. The largest absolute Gasteiger partial charge is 0.394 e. The summed E-state index contributed by atoms with van der Waals surface area (Å²) in [6, 6.07) is 0.646. The van der Waals surface area contributed by atoms with Crippen molar-refractivity contribution in [2.75, 3.05) is 32.8 Å². The molecule has 1 atom stereocenters. The molecular weight excluding hydrogens is 180 g/mol. The van der Waals surface area contributed by atoms with E-state index in [4.69, 9.17) is 9.84 Å². The van der Waals surface area contributed by atoms with Crippen molar-refractivity contribution in [2.45, 2.75) is 31.6 Å². The number of hydrogen-bond acceptors (Lipinski definition) is 4. The second-order valence-corrected chi connectivity index (χ2v) is 4.92. The molecule has 1 unspecified atom stereocenters. The second kappa shape index (κ2) is 3.77. The summed E-state index contributed by atoms with van der Waals surface area (Å²) in [6.45, 7) is 8.30. The minimum Gasteiger partial charge on any atom is -0.394 e. The number of rotatable bonds is 2. The van der Waals surface area contributed by atoms with Crippen molar-refractivity contribution < 1.29 is 9.84 Å². The van der Waals surface area contributed by atoms with Gasteiger partial charge in [-0.2, -0.15) is 0 Å². The molecule has 2 rings (SSSR count). The van der Waals surface area contributed by atoms with Gasteiger partial charge < -0.3 is 15.2 Å². The van der Waals surface area contributed by atoms with Crippen LogP contribution in [0.15, 0.2) is 0 Å². The minimum atomic E-state index is -0.124. The van der Waals surface area contributed by atoms with E-state index in [1.165, 1.54) is 0 Å². The summed E-state index contributed by atoms with van der Waals surface area (Å²) in [5, 5.41) is 12.4. The van der Waals surface area contributed by atoms with Crippen LogP contribution in [-0.4, -0.2) is 60.5 Å². The monoisotopic (exact) mass is 200 g/mol. The van der Waals surface area contributed by atoms with Gasteiger partial charge in [-0.3, -0.25) is 4.90 Å². The van der Waals surface area contributed by atoms with Gasteiger partial charge >= 0.3 is 0 Å². The van der Waals surface area contributed by atoms with Crippen LogP contribution < -0.4 is 5.32 Å². The molecule has 0 aliphatic carbocycles. The Hall–Kier alpha value is -0.160. The van der Waals surface area contributed by atoms with Gasteiger partial charge in [0.05, 0.1) is 18.3 Å². The van der Waals surface area contributed by atoms with Crippen LogP contribution in [0.3, 0.4) is 0 Å². The summed E-state index contributed by atoms with van der Waals surface area (Å²) in [5.41, 5.74) is -0.124. The zero-order valence-electron chi connectivity index (χ0n) is 8.99. The third-order valence-electron chi connectivity index (χ3n) is 2.99. The molecule has 4 heteroatoms. The fourth-order valence-electron chi connectivity index (χ4n) is 2.25. The predicted molar refractivity (Wildman–Crippen MR) is 54.3 cm³/mol. The molecule has 0 amide bonds. The number of aliphatic hydroxyl groups is 1. The van der Waals surface area contributed by atoms with E-state index < -0.39 is 0 Å². The number of hydrogen-bond donors (Lipinski definition) is 2. The normalized spacial score (nSPS) is 34.1. The number of morpholine rings is 1. The van der Waals surface area contributed by atoms with Crippen LogP contribution in [0.4, 0.5) is 0 Å². The molecule has 2 heterocycles. The first-order chi connectivity index (χ1) is 6.61. The third kappa shape index (κ3) is 2.08. The molecule has 0 radical (unpaired) electrons. The zero-order valence-corrected chi connectivity index (χ0v) is 8.99. The quantitative estimate of drug-likeness (QED) is 0.626. The van der Waals surface area contributed by atoms with Crippen molar-refractivity contribution >= 4 is 0 Å². The molecule has 0 spiro atoms. The lowest BCUT2D eigenvalue weighted by atomic mass is 10.0. The molecule has 0 aromatic carbocycles. The number of nitrogens with zero attached hydrogens (tertiary/aromatic N) is 1. The van der Waals surface area contributed by atoms with Crippen LogP contribution in [0.2, 0.25) is 0 Å². The molecule has 0 aromatic heterocycles. The Balaban J connectivity index is 1.96. The van der Waals surface area contributed by atoms with E-state index in [9.17, 15) is 0 Å². The first-order valence-corrected chi connectivity index (χ1v) is 5.34. The highest BCUT2D eigenvalue weighted by Crippen LogP contribution is 2.23. The lowest BCUT2D eigenvalue weighted by molar-refractivity contribution is -0.159. The topological polar surface area (TPSA) is 44.7 Å². The number of nitrogens with one attached hydrogen (secondary N) is 1. The summed E-state index contributed by atoms with van der Waals surface area (Å²) >= 11 is 0. The predicted octanol–water partition coefficient (Wildman–Crippen LogP) is -0.570. The molecular formula is C10H20N2O2. The molecule has 0 saturated carbocycles. The van der Waals surface area contributed by atoms with Gasteiger partial charge in [0.2, 0.25) is 0 Å². The van der Waals surface area contributed by atoms with E-state index in [-0.39, 0.29) is 18.3 Å². The van der Waals surface area contributed by atoms with E-state index in [0.717, 1.165) is 26.2 Å². The SMILES string of the molecule is CC1(C)CN(C2CNC2)CC(CO)O1. The van der Waals surface area contributed by atoms with Crippen LogP contribution in [0.25, 0.3) is 0 Å². The van der Waals surface area contributed by atoms with Crippen molar-refractivity contribution in [1.82, 2.24) is 10.2 Å². The smallest absolute Gasteiger partial charge is 0.0940 e. The van der Waals surface area contributed by atoms with Crippen LogP contribution in [-0.2, 0) is 4.74 Å². The molecule has 2 N–H and O–H groups in total. The van der Waals surface area contributed by atoms with Crippen LogP contribution in [0, 0.1) is 0 Å². The zero-order chi connectivity index (χ0) is 10.2. The van der Waals surface area contributed by atoms with Gasteiger partial charge in [0.15, 0.2) is 0 Å². The maximum absolute atomic E-state index is 9.15. The summed E-state index contributed by atoms with van der Waals surface area (Å²) in [4.78, 5) is 2.43. The highest BCUT2D eigenvalue weighted by atomic mass is 16.5. The fourth-order valence-corrected chi connectivity index (χ4v) is 2.25. The van der Waals surface area contributed by atoms with Gasteiger partial charge in [-0.05, 0) is 13.8 Å². The molecule has 2 fully saturated rings. The first-order valence-electron chi connectivity index (χ1n) is 5.34. The van der Waals surface area contributed by atoms with Gasteiger partial charge in [0.1, 0.15) is 0 Å². The Morgan fingerprint density at radius 1 is 1.50 bits per heavy atom. The van der Waals surface area contributed by atoms with E-state index in [0.29, 0.717) is 6.04 Å². The molecule has 0 bridgehead atoms. The summed E-state index contributed by atoms with van der Waals surface area (Å²) in [5.74, 6) is 0. The Labute approximate surface area is 85.2 Å². The third-order valence-corrected chi connectivity index (χ3v) is 2.99. The molecule has 0 aromatic rings. The lowest BCUT2D eigenvalue weighted by Crippen LogP contribution is -2.64. The van der Waals surface area contributed by atoms with Crippen molar-refractivity contribution in [2.24, 2.45) is 0 Å². The van der Waals surface area contributed by atoms with Crippen LogP contribution >= 0.6 is 0 Å². The second-order valence-electron chi connectivity index (χ2n) is 4.92. The van der Waals surface area contributed by atoms with Gasteiger partial charge in [-0.25, -0.2) is 0 Å². The number of aliphatic hydroxyl groups excluding tert-OH is 1. The minimum absolute atomic E-state index is 0.0145. The first kappa shape index (κ1) is 10.4. The summed E-state index contributed by atoms with van der Waals surface area (Å²) < 4.78 is 5.76. The molecule has 4 nitrogen and oxygen atoms in total. The summed E-state index contributed by atoms with van der Waals surface area (Å²) in [6.07, 6.45) is -0.0145. The van der Waals surface area contributed by atoms with Crippen molar-refractivity contribution in [3.8, 4) is 0 Å². The van der Waals surface area contributed by atoms with Gasteiger partial charge in [-0.1, -0.05) is 0 Å². The average molecular weight is 200 g/mol. The average Bonchev–Trinajstić information content (AvgIpc) is 1.97. The Kier molecular flexibility index (Phi) is 2.79. The van der Waals surface area contributed by atoms with E-state index >= 15 is 0 Å². The van der Waals surface area contributed by atoms with Gasteiger partial charge in [0.25, 0.3) is 0 Å². The van der Waals surface area contributed by atoms with Gasteiger partial charge in [0, 0.05) is 32.2 Å². The summed E-state index contributed by atoms with van der Waals surface area (Å²) in [7, 11) is 0. The Morgan fingerprint density at radius 2 is 2.21 bits per heavy atom. The maximum Gasteiger partial charge on any atom is 0.0940 e. The molecule has 2 aliphatic rings. The lowest BCUT2D eigenvalue weighted by Gasteiger charge is -2.48. The molecule has 2 aliphatic heterocycles. The molecule has 14 heavy (non-hydrogen) atoms. The standard InChI is InChI=1S/C10H20N2O2/c1-10(2)7-12(8-3-11-4-8)5-9(6-13)14-10/h8-9,11,13H,3-7H2,1-2H3. The fraction of sp³-hybridized carbons (Fsp3) is 1.00. The van der Waals surface area contributed by atoms with Gasteiger partial charge in [-0.15, -0.1) is 0 Å². The van der Waals surface area contributed by atoms with Crippen molar-refractivity contribution in [3.05, 3.63) is 0 Å². The van der Waals surface area contributed by atoms with Crippen molar-refractivity contribution in [1.29, 1.82) is 0 Å². The molecule has 82 valence electrons. The van der Waals surface area contributed by atoms with E-state index in [1.54, 1.807) is 0 Å². The van der Waals surface area contributed by atoms with E-state index in [2.05, 4.69) is 24.1 Å². The Morgan fingerprint density at radius 3 is 2.71 bits per heavy atom. The molecule has 2 saturated heterocycles. The van der Waals surface area contributed by atoms with Crippen molar-refractivity contribution in [3.63, 3.8) is 0 Å².